The van der Waals surface area contributed by atoms with Crippen LogP contribution in [0.3, 0.4) is 0 Å². The molecule has 1 aromatic rings. The number of aryl methyl sites for hydroxylation is 1. The molecular weight excluding hydrogens is 316 g/mol. The van der Waals surface area contributed by atoms with E-state index in [1.54, 1.807) is 10.5 Å². The van der Waals surface area contributed by atoms with Crippen molar-refractivity contribution in [1.29, 1.82) is 0 Å². The molecule has 0 aliphatic carbocycles. The van der Waals surface area contributed by atoms with Gasteiger partial charge < -0.3 is 10.1 Å². The van der Waals surface area contributed by atoms with Crippen molar-refractivity contribution < 1.29 is 13.2 Å². The van der Waals surface area contributed by atoms with Crippen LogP contribution in [-0.4, -0.2) is 60.3 Å². The third-order valence-electron chi connectivity index (χ3n) is 4.53. The van der Waals surface area contributed by atoms with Gasteiger partial charge in [-0.2, -0.15) is 0 Å². The van der Waals surface area contributed by atoms with E-state index in [-0.39, 0.29) is 11.3 Å². The molecule has 3 rings (SSSR count). The lowest BCUT2D eigenvalue weighted by molar-refractivity contribution is 0.0969. The van der Waals surface area contributed by atoms with E-state index in [0.29, 0.717) is 45.1 Å². The van der Waals surface area contributed by atoms with E-state index >= 15 is 0 Å². The van der Waals surface area contributed by atoms with Crippen LogP contribution in [0.1, 0.15) is 31.4 Å². The van der Waals surface area contributed by atoms with Crippen LogP contribution >= 0.6 is 0 Å². The molecule has 7 nitrogen and oxygen atoms in total. The largest absolute Gasteiger partial charge is 0.381 e. The van der Waals surface area contributed by atoms with Crippen molar-refractivity contribution in [3.63, 3.8) is 0 Å². The summed E-state index contributed by atoms with van der Waals surface area (Å²) in [6.45, 7) is 4.14. The average molecular weight is 340 g/mol. The predicted molar refractivity (Wildman–Crippen MR) is 87.7 cm³/mol. The summed E-state index contributed by atoms with van der Waals surface area (Å²) in [6, 6.07) is 2.08. The summed E-state index contributed by atoms with van der Waals surface area (Å²) in [6.07, 6.45) is 4.50. The monoisotopic (exact) mass is 340 g/mol. The second-order valence-corrected chi connectivity index (χ2v) is 8.41. The number of rotatable bonds is 4. The molecule has 2 saturated heterocycles. The van der Waals surface area contributed by atoms with Crippen molar-refractivity contribution in [2.45, 2.75) is 43.9 Å². The Bertz CT molecular complexity index is 623. The quantitative estimate of drug-likeness (QED) is 0.886. The van der Waals surface area contributed by atoms with Crippen molar-refractivity contribution in [1.82, 2.24) is 14.3 Å². The van der Waals surface area contributed by atoms with Gasteiger partial charge in [0.15, 0.2) is 0 Å². The summed E-state index contributed by atoms with van der Waals surface area (Å²) in [4.78, 5) is 8.55. The van der Waals surface area contributed by atoms with Crippen molar-refractivity contribution >= 4 is 16.0 Å². The summed E-state index contributed by atoms with van der Waals surface area (Å²) in [5.41, 5.74) is 0.919. The van der Waals surface area contributed by atoms with Crippen molar-refractivity contribution in [3.05, 3.63) is 18.0 Å². The van der Waals surface area contributed by atoms with E-state index in [0.717, 1.165) is 18.5 Å². The second-order valence-electron chi connectivity index (χ2n) is 6.20. The number of hydrogen-bond donors (Lipinski definition) is 1. The SMILES string of the molecule is Cc1ccnc(NC2CCN(S(=O)(=O)C3CCOCC3)CC2)n1. The molecule has 1 N–H and O–H groups in total. The van der Waals surface area contributed by atoms with E-state index in [4.69, 9.17) is 4.74 Å². The zero-order valence-electron chi connectivity index (χ0n) is 13.4. The number of nitrogens with one attached hydrogen (secondary N) is 1. The molecule has 8 heteroatoms. The fourth-order valence-electron chi connectivity index (χ4n) is 3.14. The molecule has 0 aromatic carbocycles. The molecule has 1 aromatic heterocycles. The van der Waals surface area contributed by atoms with Crippen molar-refractivity contribution in [2.24, 2.45) is 0 Å². The van der Waals surface area contributed by atoms with Gasteiger partial charge in [0.1, 0.15) is 0 Å². The van der Waals surface area contributed by atoms with Crippen molar-refractivity contribution in [2.75, 3.05) is 31.6 Å². The summed E-state index contributed by atoms with van der Waals surface area (Å²) in [5.74, 6) is 0.621. The first-order valence-electron chi connectivity index (χ1n) is 8.18. The van der Waals surface area contributed by atoms with Gasteiger partial charge in [0, 0.05) is 44.2 Å². The number of sulfonamides is 1. The van der Waals surface area contributed by atoms with Crippen LogP contribution in [0.25, 0.3) is 0 Å². The van der Waals surface area contributed by atoms with Crippen LogP contribution in [-0.2, 0) is 14.8 Å². The van der Waals surface area contributed by atoms with Crippen LogP contribution < -0.4 is 5.32 Å². The highest BCUT2D eigenvalue weighted by molar-refractivity contribution is 7.89. The summed E-state index contributed by atoms with van der Waals surface area (Å²) in [7, 11) is -3.19. The molecular formula is C15H24N4O3S. The first kappa shape index (κ1) is 16.6. The third-order valence-corrected chi connectivity index (χ3v) is 6.93. The molecule has 0 radical (unpaired) electrons. The Kier molecular flexibility index (Phi) is 5.13. The molecule has 128 valence electrons. The van der Waals surface area contributed by atoms with E-state index in [2.05, 4.69) is 15.3 Å². The molecule has 0 bridgehead atoms. The molecule has 0 saturated carbocycles. The van der Waals surface area contributed by atoms with E-state index in [1.807, 2.05) is 13.0 Å². The minimum Gasteiger partial charge on any atom is -0.381 e. The number of anilines is 1. The van der Waals surface area contributed by atoms with Gasteiger partial charge in [0.05, 0.1) is 5.25 Å². The van der Waals surface area contributed by atoms with Crippen LogP contribution in [0.4, 0.5) is 5.95 Å². The van der Waals surface area contributed by atoms with Crippen molar-refractivity contribution in [3.8, 4) is 0 Å². The number of aromatic nitrogens is 2. The molecule has 2 aliphatic heterocycles. The minimum absolute atomic E-state index is 0.220. The van der Waals surface area contributed by atoms with E-state index in [1.165, 1.54) is 0 Å². The summed E-state index contributed by atoms with van der Waals surface area (Å²) in [5, 5.41) is 3.03. The first-order valence-corrected chi connectivity index (χ1v) is 9.69. The Morgan fingerprint density at radius 1 is 1.22 bits per heavy atom. The molecule has 0 amide bonds. The molecule has 0 spiro atoms. The summed E-state index contributed by atoms with van der Waals surface area (Å²) < 4.78 is 32.3. The molecule has 3 heterocycles. The Morgan fingerprint density at radius 3 is 2.57 bits per heavy atom. The van der Waals surface area contributed by atoms with Gasteiger partial charge in [-0.25, -0.2) is 22.7 Å². The van der Waals surface area contributed by atoms with Gasteiger partial charge in [-0.3, -0.25) is 0 Å². The Morgan fingerprint density at radius 2 is 1.91 bits per heavy atom. The highest BCUT2D eigenvalue weighted by atomic mass is 32.2. The number of piperidine rings is 1. The fraction of sp³-hybridized carbons (Fsp3) is 0.733. The Balaban J connectivity index is 1.55. The second kappa shape index (κ2) is 7.11. The molecule has 2 aliphatic rings. The maximum atomic E-state index is 12.7. The lowest BCUT2D eigenvalue weighted by Gasteiger charge is -2.35. The molecule has 0 atom stereocenters. The highest BCUT2D eigenvalue weighted by Crippen LogP contribution is 2.24. The maximum absolute atomic E-state index is 12.7. The van der Waals surface area contributed by atoms with Gasteiger partial charge in [-0.05, 0) is 38.7 Å². The molecule has 0 unspecified atom stereocenters. The fourth-order valence-corrected chi connectivity index (χ4v) is 5.07. The zero-order valence-corrected chi connectivity index (χ0v) is 14.3. The van der Waals surface area contributed by atoms with Gasteiger partial charge in [0.2, 0.25) is 16.0 Å². The normalized spacial score (nSPS) is 22.1. The van der Waals surface area contributed by atoms with Gasteiger partial charge in [-0.15, -0.1) is 0 Å². The Hall–Kier alpha value is -1.25. The zero-order chi connectivity index (χ0) is 16.3. The van der Waals surface area contributed by atoms with Gasteiger partial charge in [0.25, 0.3) is 0 Å². The molecule has 2 fully saturated rings. The predicted octanol–water partition coefficient (Wildman–Crippen LogP) is 1.17. The van der Waals surface area contributed by atoms with Crippen LogP contribution in [0.2, 0.25) is 0 Å². The lowest BCUT2D eigenvalue weighted by atomic mass is 10.1. The number of ether oxygens (including phenoxy) is 1. The lowest BCUT2D eigenvalue weighted by Crippen LogP contribution is -2.47. The molecule has 23 heavy (non-hydrogen) atoms. The number of hydrogen-bond acceptors (Lipinski definition) is 6. The van der Waals surface area contributed by atoms with Crippen LogP contribution in [0.5, 0.6) is 0 Å². The van der Waals surface area contributed by atoms with Crippen LogP contribution in [0.15, 0.2) is 12.3 Å². The average Bonchev–Trinajstić information content (AvgIpc) is 2.56. The number of nitrogens with zero attached hydrogens (tertiary/aromatic N) is 3. The van der Waals surface area contributed by atoms with Gasteiger partial charge >= 0.3 is 0 Å². The van der Waals surface area contributed by atoms with Crippen LogP contribution in [0, 0.1) is 6.92 Å². The maximum Gasteiger partial charge on any atom is 0.223 e. The van der Waals surface area contributed by atoms with E-state index < -0.39 is 10.0 Å². The van der Waals surface area contributed by atoms with E-state index in [9.17, 15) is 8.42 Å². The third kappa shape index (κ3) is 3.99. The topological polar surface area (TPSA) is 84.4 Å². The highest BCUT2D eigenvalue weighted by Gasteiger charge is 2.35. The standard InChI is InChI=1S/C15H24N4O3S/c1-12-2-7-16-15(17-12)18-13-3-8-19(9-4-13)23(20,21)14-5-10-22-11-6-14/h2,7,13-14H,3-6,8-11H2,1H3,(H,16,17,18). The Labute approximate surface area is 137 Å². The smallest absolute Gasteiger partial charge is 0.223 e. The minimum atomic E-state index is -3.19. The first-order chi connectivity index (χ1) is 11.1. The van der Waals surface area contributed by atoms with Gasteiger partial charge in [-0.1, -0.05) is 0 Å². The summed E-state index contributed by atoms with van der Waals surface area (Å²) >= 11 is 0.